The molecular weight excluding hydrogens is 164 g/mol. The van der Waals surface area contributed by atoms with Gasteiger partial charge in [-0.05, 0) is 31.6 Å². The highest BCUT2D eigenvalue weighted by molar-refractivity contribution is 5.06. The van der Waals surface area contributed by atoms with Gasteiger partial charge in [-0.1, -0.05) is 18.6 Å². The molecule has 76 valence electrons. The van der Waals surface area contributed by atoms with Crippen molar-refractivity contribution in [2.24, 2.45) is 5.41 Å². The van der Waals surface area contributed by atoms with Crippen LogP contribution >= 0.6 is 0 Å². The highest BCUT2D eigenvalue weighted by atomic mass is 16.7. The van der Waals surface area contributed by atoms with Gasteiger partial charge in [0.25, 0.3) is 0 Å². The van der Waals surface area contributed by atoms with Crippen molar-refractivity contribution in [1.82, 2.24) is 0 Å². The van der Waals surface area contributed by atoms with Gasteiger partial charge in [-0.25, -0.2) is 0 Å². The molecule has 0 heterocycles. The number of rotatable bonds is 4. The van der Waals surface area contributed by atoms with Crippen LogP contribution in [0.15, 0.2) is 11.6 Å². The molecule has 0 spiro atoms. The van der Waals surface area contributed by atoms with Crippen molar-refractivity contribution in [2.75, 3.05) is 20.5 Å². The molecule has 0 aromatic rings. The quantitative estimate of drug-likeness (QED) is 0.380. The van der Waals surface area contributed by atoms with E-state index < -0.39 is 0 Å². The molecule has 0 saturated heterocycles. The van der Waals surface area contributed by atoms with Crippen LogP contribution in [0.5, 0.6) is 0 Å². The number of allylic oxidation sites excluding steroid dienone is 2. The molecule has 2 heteroatoms. The fraction of sp³-hybridized carbons (Fsp3) is 0.818. The summed E-state index contributed by atoms with van der Waals surface area (Å²) in [7, 11) is 1.66. The molecule has 2 nitrogen and oxygen atoms in total. The summed E-state index contributed by atoms with van der Waals surface area (Å²) in [6.07, 6.45) is 5.92. The van der Waals surface area contributed by atoms with Gasteiger partial charge in [0.2, 0.25) is 0 Å². The van der Waals surface area contributed by atoms with Crippen molar-refractivity contribution in [1.29, 1.82) is 0 Å². The van der Waals surface area contributed by atoms with Gasteiger partial charge in [0, 0.05) is 7.11 Å². The molecule has 1 aliphatic rings. The van der Waals surface area contributed by atoms with Crippen molar-refractivity contribution < 1.29 is 9.47 Å². The number of ether oxygens (including phenoxy) is 2. The van der Waals surface area contributed by atoms with Gasteiger partial charge < -0.3 is 9.47 Å². The van der Waals surface area contributed by atoms with Gasteiger partial charge in [-0.15, -0.1) is 0 Å². The molecule has 0 bridgehead atoms. The first-order valence-corrected chi connectivity index (χ1v) is 4.89. The Morgan fingerprint density at radius 2 is 2.31 bits per heavy atom. The molecule has 0 N–H and O–H groups in total. The highest BCUT2D eigenvalue weighted by Gasteiger charge is 2.25. The van der Waals surface area contributed by atoms with E-state index in [4.69, 9.17) is 9.47 Å². The van der Waals surface area contributed by atoms with Crippen LogP contribution in [0.3, 0.4) is 0 Å². The minimum absolute atomic E-state index is 0.331. The van der Waals surface area contributed by atoms with Crippen LogP contribution < -0.4 is 0 Å². The molecule has 13 heavy (non-hydrogen) atoms. The van der Waals surface area contributed by atoms with E-state index in [1.165, 1.54) is 18.4 Å². The zero-order valence-electron chi connectivity index (χ0n) is 8.93. The van der Waals surface area contributed by atoms with Gasteiger partial charge in [0.15, 0.2) is 0 Å². The molecule has 1 unspecified atom stereocenters. The summed E-state index contributed by atoms with van der Waals surface area (Å²) in [6.45, 7) is 5.71. The standard InChI is InChI=1S/C11H20O2/c1-10-4-6-11(2,7-5-10)8-13-9-12-3/h4H,5-9H2,1-3H3. The Bertz CT molecular complexity index is 187. The van der Waals surface area contributed by atoms with Crippen molar-refractivity contribution >= 4 is 0 Å². The molecule has 0 saturated carbocycles. The molecule has 1 rings (SSSR count). The van der Waals surface area contributed by atoms with Crippen molar-refractivity contribution in [2.45, 2.75) is 33.1 Å². The maximum Gasteiger partial charge on any atom is 0.146 e. The van der Waals surface area contributed by atoms with Gasteiger partial charge in [-0.2, -0.15) is 0 Å². The monoisotopic (exact) mass is 184 g/mol. The zero-order chi connectivity index (χ0) is 9.73. The first-order chi connectivity index (χ1) is 6.16. The number of methoxy groups -OCH3 is 1. The molecule has 1 atom stereocenters. The normalized spacial score (nSPS) is 28.7. The molecule has 0 aromatic heterocycles. The molecular formula is C11H20O2. The van der Waals surface area contributed by atoms with E-state index in [1.807, 2.05) is 0 Å². The number of hydrogen-bond donors (Lipinski definition) is 0. The first-order valence-electron chi connectivity index (χ1n) is 4.89. The predicted molar refractivity (Wildman–Crippen MR) is 53.5 cm³/mol. The van der Waals surface area contributed by atoms with Crippen molar-refractivity contribution in [3.05, 3.63) is 11.6 Å². The Kier molecular flexibility index (Phi) is 3.94. The summed E-state index contributed by atoms with van der Waals surface area (Å²) in [4.78, 5) is 0. The summed E-state index contributed by atoms with van der Waals surface area (Å²) in [5, 5.41) is 0. The van der Waals surface area contributed by atoms with Crippen molar-refractivity contribution in [3.63, 3.8) is 0 Å². The second-order valence-corrected chi connectivity index (χ2v) is 4.32. The van der Waals surface area contributed by atoms with Crippen LogP contribution in [0, 0.1) is 5.41 Å². The van der Waals surface area contributed by atoms with Crippen LogP contribution in [0.25, 0.3) is 0 Å². The van der Waals surface area contributed by atoms with E-state index in [0.717, 1.165) is 13.0 Å². The van der Waals surface area contributed by atoms with E-state index in [1.54, 1.807) is 7.11 Å². The Morgan fingerprint density at radius 3 is 2.85 bits per heavy atom. The minimum atomic E-state index is 0.331. The third kappa shape index (κ3) is 3.49. The van der Waals surface area contributed by atoms with E-state index in [2.05, 4.69) is 19.9 Å². The second kappa shape index (κ2) is 4.77. The predicted octanol–water partition coefficient (Wildman–Crippen LogP) is 2.74. The van der Waals surface area contributed by atoms with Crippen LogP contribution in [0.1, 0.15) is 33.1 Å². The van der Waals surface area contributed by atoms with E-state index in [-0.39, 0.29) is 0 Å². The summed E-state index contributed by atoms with van der Waals surface area (Å²) in [5.74, 6) is 0. The lowest BCUT2D eigenvalue weighted by Gasteiger charge is -2.31. The maximum atomic E-state index is 5.41. The Hall–Kier alpha value is -0.340. The van der Waals surface area contributed by atoms with Gasteiger partial charge in [0.1, 0.15) is 6.79 Å². The molecule has 0 radical (unpaired) electrons. The lowest BCUT2D eigenvalue weighted by atomic mass is 9.77. The molecule has 1 aliphatic carbocycles. The Labute approximate surface area is 80.9 Å². The highest BCUT2D eigenvalue weighted by Crippen LogP contribution is 2.34. The molecule has 0 amide bonds. The number of hydrogen-bond acceptors (Lipinski definition) is 2. The second-order valence-electron chi connectivity index (χ2n) is 4.32. The van der Waals surface area contributed by atoms with Gasteiger partial charge >= 0.3 is 0 Å². The largest absolute Gasteiger partial charge is 0.359 e. The van der Waals surface area contributed by atoms with Gasteiger partial charge in [-0.3, -0.25) is 0 Å². The topological polar surface area (TPSA) is 18.5 Å². The van der Waals surface area contributed by atoms with E-state index >= 15 is 0 Å². The molecule has 0 fully saturated rings. The molecule has 0 aromatic carbocycles. The van der Waals surface area contributed by atoms with Crippen molar-refractivity contribution in [3.8, 4) is 0 Å². The molecule has 0 aliphatic heterocycles. The summed E-state index contributed by atoms with van der Waals surface area (Å²) >= 11 is 0. The van der Waals surface area contributed by atoms with Crippen LogP contribution in [-0.2, 0) is 9.47 Å². The fourth-order valence-corrected chi connectivity index (χ4v) is 1.63. The van der Waals surface area contributed by atoms with Crippen LogP contribution in [-0.4, -0.2) is 20.5 Å². The van der Waals surface area contributed by atoms with E-state index in [0.29, 0.717) is 12.2 Å². The van der Waals surface area contributed by atoms with E-state index in [9.17, 15) is 0 Å². The summed E-state index contributed by atoms with van der Waals surface area (Å²) in [5.41, 5.74) is 1.85. The third-order valence-electron chi connectivity index (χ3n) is 2.72. The van der Waals surface area contributed by atoms with Gasteiger partial charge in [0.05, 0.1) is 6.61 Å². The summed E-state index contributed by atoms with van der Waals surface area (Å²) < 4.78 is 10.3. The zero-order valence-corrected chi connectivity index (χ0v) is 8.93. The SMILES string of the molecule is COCOCC1(C)CC=C(C)CC1. The smallest absolute Gasteiger partial charge is 0.146 e. The van der Waals surface area contributed by atoms with Crippen LogP contribution in [0.4, 0.5) is 0 Å². The minimum Gasteiger partial charge on any atom is -0.359 e. The maximum absolute atomic E-state index is 5.41. The fourth-order valence-electron chi connectivity index (χ4n) is 1.63. The average Bonchev–Trinajstić information content (AvgIpc) is 2.12. The third-order valence-corrected chi connectivity index (χ3v) is 2.72. The lowest BCUT2D eigenvalue weighted by Crippen LogP contribution is -2.25. The average molecular weight is 184 g/mol. The Morgan fingerprint density at radius 1 is 1.54 bits per heavy atom. The summed E-state index contributed by atoms with van der Waals surface area (Å²) in [6, 6.07) is 0. The Balaban J connectivity index is 2.31. The first kappa shape index (κ1) is 10.7. The lowest BCUT2D eigenvalue weighted by molar-refractivity contribution is -0.0632. The van der Waals surface area contributed by atoms with Crippen LogP contribution in [0.2, 0.25) is 0 Å².